The number of para-hydroxylation sites is 1. The van der Waals surface area contributed by atoms with E-state index in [9.17, 15) is 28.2 Å². The van der Waals surface area contributed by atoms with E-state index < -0.39 is 40.0 Å². The normalized spacial score (nSPS) is 12.4. The molecule has 3 aromatic rings. The molecule has 0 aliphatic heterocycles. The van der Waals surface area contributed by atoms with Crippen LogP contribution in [0.2, 0.25) is 5.02 Å². The van der Waals surface area contributed by atoms with E-state index in [2.05, 4.69) is 4.98 Å². The van der Waals surface area contributed by atoms with Crippen LogP contribution in [0.4, 0.5) is 13.2 Å². The summed E-state index contributed by atoms with van der Waals surface area (Å²) >= 11 is 5.89. The third-order valence-corrected chi connectivity index (χ3v) is 4.92. The molecule has 0 fully saturated rings. The average molecular weight is 410 g/mol. The average Bonchev–Trinajstić information content (AvgIpc) is 2.59. The Morgan fingerprint density at radius 2 is 1.68 bits per heavy atom. The highest BCUT2D eigenvalue weighted by Gasteiger charge is 2.37. The van der Waals surface area contributed by atoms with Crippen molar-refractivity contribution in [1.29, 1.82) is 0 Å². The fourth-order valence-electron chi connectivity index (χ4n) is 3.16. The second-order valence-electron chi connectivity index (χ2n) is 6.82. The lowest BCUT2D eigenvalue weighted by molar-refractivity contribution is -0.136. The summed E-state index contributed by atoms with van der Waals surface area (Å²) < 4.78 is 40.4. The Morgan fingerprint density at radius 3 is 2.21 bits per heavy atom. The molecule has 8 heteroatoms. The molecule has 0 atom stereocenters. The van der Waals surface area contributed by atoms with Gasteiger partial charge in [-0.25, -0.2) is 9.78 Å². The second-order valence-corrected chi connectivity index (χ2v) is 7.26. The Kier molecular flexibility index (Phi) is 4.75. The molecule has 0 amide bonds. The van der Waals surface area contributed by atoms with Crippen LogP contribution in [0, 0.1) is 0 Å². The highest BCUT2D eigenvalue weighted by atomic mass is 35.5. The summed E-state index contributed by atoms with van der Waals surface area (Å²) in [7, 11) is 0. The van der Waals surface area contributed by atoms with Crippen LogP contribution < -0.4 is 0 Å². The van der Waals surface area contributed by atoms with Gasteiger partial charge in [0, 0.05) is 15.8 Å². The number of benzene rings is 2. The van der Waals surface area contributed by atoms with Gasteiger partial charge < -0.3 is 10.2 Å². The lowest BCUT2D eigenvalue weighted by atomic mass is 9.79. The smallest absolute Gasteiger partial charge is 0.418 e. The van der Waals surface area contributed by atoms with Gasteiger partial charge in [-0.2, -0.15) is 13.2 Å². The van der Waals surface area contributed by atoms with Gasteiger partial charge in [0.05, 0.1) is 16.8 Å². The number of hydrogen-bond donors (Lipinski definition) is 2. The van der Waals surface area contributed by atoms with Crippen LogP contribution in [-0.4, -0.2) is 21.2 Å². The maximum atomic E-state index is 13.5. The zero-order chi connectivity index (χ0) is 20.9. The fourth-order valence-corrected chi connectivity index (χ4v) is 3.29. The van der Waals surface area contributed by atoms with E-state index in [1.165, 1.54) is 6.07 Å². The quantitative estimate of drug-likeness (QED) is 0.587. The van der Waals surface area contributed by atoms with E-state index in [4.69, 9.17) is 11.6 Å². The number of aromatic nitrogens is 1. The van der Waals surface area contributed by atoms with Gasteiger partial charge in [0.2, 0.25) is 0 Å². The molecule has 1 heterocycles. The molecule has 0 saturated heterocycles. The summed E-state index contributed by atoms with van der Waals surface area (Å²) in [5, 5.41) is 20.4. The lowest BCUT2D eigenvalue weighted by Gasteiger charge is -2.27. The topological polar surface area (TPSA) is 70.4 Å². The first-order valence-corrected chi connectivity index (χ1v) is 8.55. The van der Waals surface area contributed by atoms with Crippen molar-refractivity contribution in [3.8, 4) is 5.75 Å². The maximum Gasteiger partial charge on any atom is 0.418 e. The van der Waals surface area contributed by atoms with Gasteiger partial charge in [0.25, 0.3) is 0 Å². The Hall–Kier alpha value is -2.80. The van der Waals surface area contributed by atoms with Crippen molar-refractivity contribution < 1.29 is 28.2 Å². The minimum atomic E-state index is -4.74. The molecule has 0 saturated carbocycles. The summed E-state index contributed by atoms with van der Waals surface area (Å²) in [5.41, 5.74) is -2.88. The van der Waals surface area contributed by atoms with Crippen molar-refractivity contribution >= 4 is 28.5 Å². The fraction of sp³-hybridized carbons (Fsp3) is 0.200. The van der Waals surface area contributed by atoms with Crippen LogP contribution in [-0.2, 0) is 11.6 Å². The molecule has 0 spiro atoms. The third kappa shape index (κ3) is 3.26. The predicted octanol–water partition coefficient (Wildman–Crippen LogP) is 5.64. The number of aromatic hydroxyl groups is 1. The van der Waals surface area contributed by atoms with Crippen LogP contribution >= 0.6 is 11.6 Å². The van der Waals surface area contributed by atoms with E-state index in [1.807, 2.05) is 0 Å². The number of halogens is 4. The largest absolute Gasteiger partial charge is 0.505 e. The number of rotatable bonds is 3. The van der Waals surface area contributed by atoms with E-state index >= 15 is 0 Å². The Bertz CT molecular complexity index is 1080. The standard InChI is InChI=1S/C20H15ClF3NO3/c1-19(2,10-6-8-11(21)9-7-10)17-16(26)14(18(27)28)12-4-3-5-13(15(12)25-17)20(22,23)24/h3-9,26H,1-2H3,(H,27,28). The summed E-state index contributed by atoms with van der Waals surface area (Å²) in [4.78, 5) is 15.9. The first-order valence-electron chi connectivity index (χ1n) is 8.17. The minimum absolute atomic E-state index is 0.170. The first-order chi connectivity index (χ1) is 12.9. The summed E-state index contributed by atoms with van der Waals surface area (Å²) in [6.45, 7) is 3.26. The van der Waals surface area contributed by atoms with Gasteiger partial charge in [0.15, 0.2) is 5.75 Å². The number of carboxylic acids is 1. The number of alkyl halides is 3. The van der Waals surface area contributed by atoms with Gasteiger partial charge in [-0.15, -0.1) is 0 Å². The van der Waals surface area contributed by atoms with Crippen LogP contribution in [0.25, 0.3) is 10.9 Å². The Balaban J connectivity index is 2.42. The number of pyridine rings is 1. The van der Waals surface area contributed by atoms with Crippen LogP contribution in [0.3, 0.4) is 0 Å². The van der Waals surface area contributed by atoms with Gasteiger partial charge in [0.1, 0.15) is 5.56 Å². The van der Waals surface area contributed by atoms with Crippen molar-refractivity contribution in [3.05, 3.63) is 69.9 Å². The Labute approximate surface area is 163 Å². The molecule has 0 bridgehead atoms. The molecule has 1 aromatic heterocycles. The zero-order valence-electron chi connectivity index (χ0n) is 14.8. The van der Waals surface area contributed by atoms with Crippen molar-refractivity contribution in [1.82, 2.24) is 4.98 Å². The molecule has 0 aliphatic rings. The lowest BCUT2D eigenvalue weighted by Crippen LogP contribution is -2.22. The Morgan fingerprint density at radius 1 is 1.07 bits per heavy atom. The monoisotopic (exact) mass is 409 g/mol. The van der Waals surface area contributed by atoms with E-state index in [0.29, 0.717) is 10.6 Å². The van der Waals surface area contributed by atoms with Crippen LogP contribution in [0.15, 0.2) is 42.5 Å². The molecular formula is C20H15ClF3NO3. The van der Waals surface area contributed by atoms with Gasteiger partial charge in [-0.3, -0.25) is 0 Å². The first kappa shape index (κ1) is 19.9. The SMILES string of the molecule is CC(C)(c1ccc(Cl)cc1)c1nc2c(C(F)(F)F)cccc2c(C(=O)O)c1O. The summed E-state index contributed by atoms with van der Waals surface area (Å²) in [6, 6.07) is 9.58. The number of fused-ring (bicyclic) bond motifs is 1. The summed E-state index contributed by atoms with van der Waals surface area (Å²) in [6.07, 6.45) is -4.74. The highest BCUT2D eigenvalue weighted by Crippen LogP contribution is 2.42. The van der Waals surface area contributed by atoms with Gasteiger partial charge in [-0.1, -0.05) is 49.7 Å². The summed E-state index contributed by atoms with van der Waals surface area (Å²) in [5.74, 6) is -2.21. The second kappa shape index (κ2) is 6.67. The molecule has 2 N–H and O–H groups in total. The number of carbonyl (C=O) groups is 1. The maximum absolute atomic E-state index is 13.5. The van der Waals surface area contributed by atoms with Crippen molar-refractivity contribution in [2.24, 2.45) is 0 Å². The van der Waals surface area contributed by atoms with Crippen LogP contribution in [0.1, 0.15) is 41.0 Å². The van der Waals surface area contributed by atoms with E-state index in [-0.39, 0.29) is 11.1 Å². The minimum Gasteiger partial charge on any atom is -0.505 e. The molecule has 0 aliphatic carbocycles. The molecule has 146 valence electrons. The highest BCUT2D eigenvalue weighted by molar-refractivity contribution is 6.30. The number of aromatic carboxylic acids is 1. The predicted molar refractivity (Wildman–Crippen MR) is 98.9 cm³/mol. The number of nitrogens with zero attached hydrogens (tertiary/aromatic N) is 1. The third-order valence-electron chi connectivity index (χ3n) is 4.67. The van der Waals surface area contributed by atoms with Gasteiger partial charge in [-0.05, 0) is 23.8 Å². The van der Waals surface area contributed by atoms with E-state index in [1.54, 1.807) is 38.1 Å². The van der Waals surface area contributed by atoms with E-state index in [0.717, 1.165) is 12.1 Å². The van der Waals surface area contributed by atoms with Crippen molar-refractivity contribution in [2.45, 2.75) is 25.4 Å². The molecule has 0 radical (unpaired) electrons. The molecular weight excluding hydrogens is 395 g/mol. The van der Waals surface area contributed by atoms with Crippen molar-refractivity contribution in [2.75, 3.05) is 0 Å². The van der Waals surface area contributed by atoms with Crippen LogP contribution in [0.5, 0.6) is 5.75 Å². The molecule has 3 rings (SSSR count). The number of hydrogen-bond acceptors (Lipinski definition) is 3. The van der Waals surface area contributed by atoms with Gasteiger partial charge >= 0.3 is 12.1 Å². The van der Waals surface area contributed by atoms with Crippen molar-refractivity contribution in [3.63, 3.8) is 0 Å². The number of carboxylic acid groups (broad SMARTS) is 1. The molecule has 28 heavy (non-hydrogen) atoms. The molecule has 0 unspecified atom stereocenters. The molecule has 2 aromatic carbocycles. The molecule has 4 nitrogen and oxygen atoms in total. The zero-order valence-corrected chi connectivity index (χ0v) is 15.6.